The highest BCUT2D eigenvalue weighted by atomic mass is 32.1. The molecular formula is C19H19FN4O4S. The van der Waals surface area contributed by atoms with Crippen molar-refractivity contribution < 1.29 is 23.5 Å². The number of hydrazone groups is 1. The normalized spacial score (nSPS) is 13.8. The van der Waals surface area contributed by atoms with E-state index in [0.29, 0.717) is 16.1 Å². The van der Waals surface area contributed by atoms with E-state index in [1.165, 1.54) is 17.1 Å². The van der Waals surface area contributed by atoms with Gasteiger partial charge < -0.3 is 4.74 Å². The van der Waals surface area contributed by atoms with Gasteiger partial charge in [0.05, 0.1) is 18.8 Å². The third-order valence-electron chi connectivity index (χ3n) is 4.09. The molecule has 3 rings (SSSR count). The Balaban J connectivity index is 1.71. The highest BCUT2D eigenvalue weighted by Crippen LogP contribution is 2.24. The third-order valence-corrected chi connectivity index (χ3v) is 5.14. The molecule has 1 aliphatic heterocycles. The molecule has 0 bridgehead atoms. The lowest BCUT2D eigenvalue weighted by atomic mass is 10.1. The lowest BCUT2D eigenvalue weighted by Crippen LogP contribution is -2.36. The third kappa shape index (κ3) is 5.02. The first-order chi connectivity index (χ1) is 13.9. The van der Waals surface area contributed by atoms with Gasteiger partial charge in [-0.1, -0.05) is 23.5 Å². The summed E-state index contributed by atoms with van der Waals surface area (Å²) in [6, 6.07) is 5.71. The molecular weight excluding hydrogens is 399 g/mol. The van der Waals surface area contributed by atoms with Gasteiger partial charge in [-0.2, -0.15) is 5.10 Å². The fraction of sp³-hybridized carbons (Fsp3) is 0.316. The van der Waals surface area contributed by atoms with Crippen LogP contribution < -0.4 is 5.32 Å². The van der Waals surface area contributed by atoms with Crippen LogP contribution in [0.3, 0.4) is 0 Å². The van der Waals surface area contributed by atoms with Crippen LogP contribution in [-0.4, -0.2) is 40.1 Å². The predicted octanol–water partition coefficient (Wildman–Crippen LogP) is 2.88. The van der Waals surface area contributed by atoms with Crippen LogP contribution >= 0.6 is 11.3 Å². The Labute approximate surface area is 170 Å². The van der Waals surface area contributed by atoms with Crippen LogP contribution in [0.2, 0.25) is 0 Å². The van der Waals surface area contributed by atoms with Crippen molar-refractivity contribution in [3.05, 3.63) is 46.2 Å². The number of aryl methyl sites for hydroxylation is 1. The van der Waals surface area contributed by atoms with E-state index in [4.69, 9.17) is 4.74 Å². The maximum absolute atomic E-state index is 13.0. The summed E-state index contributed by atoms with van der Waals surface area (Å²) in [7, 11) is 0. The Morgan fingerprint density at radius 2 is 2.00 bits per heavy atom. The van der Waals surface area contributed by atoms with Crippen molar-refractivity contribution in [2.45, 2.75) is 33.2 Å². The first-order valence-corrected chi connectivity index (χ1v) is 9.77. The maximum Gasteiger partial charge on any atom is 0.350 e. The minimum Gasteiger partial charge on any atom is -0.462 e. The lowest BCUT2D eigenvalue weighted by Gasteiger charge is -2.23. The Bertz CT molecular complexity index is 971. The molecule has 8 nitrogen and oxygen atoms in total. The number of hydrogen-bond donors (Lipinski definition) is 1. The molecule has 0 radical (unpaired) electrons. The molecule has 0 atom stereocenters. The standard InChI is InChI=1S/C19H19FN4O4S/c1-3-28-18(27)16-11(2)21-19(29-16)22-17(26)14-8-9-15(25)24(23-14)10-12-4-6-13(20)7-5-12/h4-7H,3,8-10H2,1-2H3,(H,21,22,26). The summed E-state index contributed by atoms with van der Waals surface area (Å²) in [6.45, 7) is 3.74. The van der Waals surface area contributed by atoms with E-state index in [-0.39, 0.29) is 48.6 Å². The highest BCUT2D eigenvalue weighted by Gasteiger charge is 2.26. The van der Waals surface area contributed by atoms with Crippen molar-refractivity contribution >= 4 is 40.0 Å². The largest absolute Gasteiger partial charge is 0.462 e. The van der Waals surface area contributed by atoms with Gasteiger partial charge in [0.1, 0.15) is 16.4 Å². The van der Waals surface area contributed by atoms with Crippen molar-refractivity contribution in [3.8, 4) is 0 Å². The molecule has 0 unspecified atom stereocenters. The van der Waals surface area contributed by atoms with Crippen LogP contribution in [0.25, 0.3) is 0 Å². The second-order valence-corrected chi connectivity index (χ2v) is 7.23. The average Bonchev–Trinajstić information content (AvgIpc) is 3.05. The first-order valence-electron chi connectivity index (χ1n) is 8.95. The minimum atomic E-state index is -0.495. The van der Waals surface area contributed by atoms with E-state index in [0.717, 1.165) is 11.3 Å². The van der Waals surface area contributed by atoms with E-state index >= 15 is 0 Å². The molecule has 0 aliphatic carbocycles. The van der Waals surface area contributed by atoms with Crippen molar-refractivity contribution in [2.24, 2.45) is 5.10 Å². The Morgan fingerprint density at radius 1 is 1.28 bits per heavy atom. The number of benzene rings is 1. The number of halogens is 1. The molecule has 0 saturated heterocycles. The van der Waals surface area contributed by atoms with Crippen LogP contribution in [0.1, 0.15) is 40.7 Å². The fourth-order valence-corrected chi connectivity index (χ4v) is 3.51. The first kappa shape index (κ1) is 20.6. The van der Waals surface area contributed by atoms with Crippen LogP contribution in [0.15, 0.2) is 29.4 Å². The number of anilines is 1. The summed E-state index contributed by atoms with van der Waals surface area (Å²) in [5, 5.41) is 8.22. The molecule has 1 aliphatic rings. The van der Waals surface area contributed by atoms with Crippen LogP contribution in [-0.2, 0) is 20.9 Å². The molecule has 2 amide bonds. The van der Waals surface area contributed by atoms with Crippen molar-refractivity contribution in [1.29, 1.82) is 0 Å². The fourth-order valence-electron chi connectivity index (χ4n) is 2.66. The summed E-state index contributed by atoms with van der Waals surface area (Å²) >= 11 is 1.02. The van der Waals surface area contributed by atoms with Gasteiger partial charge in [0, 0.05) is 12.8 Å². The summed E-state index contributed by atoms with van der Waals surface area (Å²) in [5.41, 5.74) is 1.33. The summed E-state index contributed by atoms with van der Waals surface area (Å²) in [6.07, 6.45) is 0.331. The maximum atomic E-state index is 13.0. The lowest BCUT2D eigenvalue weighted by molar-refractivity contribution is -0.132. The van der Waals surface area contributed by atoms with E-state index in [2.05, 4.69) is 15.4 Å². The number of hydrogen-bond acceptors (Lipinski definition) is 7. The number of carbonyl (C=O) groups is 3. The van der Waals surface area contributed by atoms with Gasteiger partial charge in [-0.05, 0) is 31.5 Å². The average molecular weight is 418 g/mol. The number of ether oxygens (including phenoxy) is 1. The van der Waals surface area contributed by atoms with Crippen LogP contribution in [0.5, 0.6) is 0 Å². The molecule has 0 spiro atoms. The molecule has 0 fully saturated rings. The van der Waals surface area contributed by atoms with E-state index < -0.39 is 11.9 Å². The second-order valence-electron chi connectivity index (χ2n) is 6.23. The molecule has 1 N–H and O–H groups in total. The van der Waals surface area contributed by atoms with Gasteiger partial charge in [0.25, 0.3) is 5.91 Å². The van der Waals surface area contributed by atoms with E-state index in [9.17, 15) is 18.8 Å². The highest BCUT2D eigenvalue weighted by molar-refractivity contribution is 7.17. The van der Waals surface area contributed by atoms with Gasteiger partial charge in [-0.3, -0.25) is 14.9 Å². The topological polar surface area (TPSA) is 101 Å². The molecule has 1 aromatic heterocycles. The number of rotatable bonds is 6. The zero-order chi connectivity index (χ0) is 21.0. The Hall–Kier alpha value is -3.14. The summed E-state index contributed by atoms with van der Waals surface area (Å²) < 4.78 is 18.0. The monoisotopic (exact) mass is 418 g/mol. The zero-order valence-corrected chi connectivity index (χ0v) is 16.7. The number of esters is 1. The van der Waals surface area contributed by atoms with E-state index in [1.807, 2.05) is 0 Å². The predicted molar refractivity (Wildman–Crippen MR) is 105 cm³/mol. The number of nitrogens with zero attached hydrogens (tertiary/aromatic N) is 3. The molecule has 29 heavy (non-hydrogen) atoms. The SMILES string of the molecule is CCOC(=O)c1sc(NC(=O)C2=NN(Cc3ccc(F)cc3)C(=O)CC2)nc1C. The number of aromatic nitrogens is 1. The van der Waals surface area contributed by atoms with Crippen LogP contribution in [0.4, 0.5) is 9.52 Å². The van der Waals surface area contributed by atoms with Crippen molar-refractivity contribution in [3.63, 3.8) is 0 Å². The zero-order valence-electron chi connectivity index (χ0n) is 15.9. The van der Waals surface area contributed by atoms with Gasteiger partial charge in [0.15, 0.2) is 5.13 Å². The molecule has 152 valence electrons. The van der Waals surface area contributed by atoms with Gasteiger partial charge in [-0.25, -0.2) is 19.2 Å². The Morgan fingerprint density at radius 3 is 2.69 bits per heavy atom. The summed E-state index contributed by atoms with van der Waals surface area (Å²) in [4.78, 5) is 41.1. The molecule has 2 heterocycles. The number of thiazole rings is 1. The minimum absolute atomic E-state index is 0.137. The number of nitrogens with one attached hydrogen (secondary N) is 1. The quantitative estimate of drug-likeness (QED) is 0.727. The molecule has 0 saturated carbocycles. The number of amides is 2. The number of carbonyl (C=O) groups excluding carboxylic acids is 3. The molecule has 10 heteroatoms. The second kappa shape index (κ2) is 8.91. The molecule has 1 aromatic carbocycles. The smallest absolute Gasteiger partial charge is 0.350 e. The van der Waals surface area contributed by atoms with Crippen molar-refractivity contribution in [2.75, 3.05) is 11.9 Å². The Kier molecular flexibility index (Phi) is 6.32. The van der Waals surface area contributed by atoms with Crippen molar-refractivity contribution in [1.82, 2.24) is 9.99 Å². The van der Waals surface area contributed by atoms with Gasteiger partial charge in [-0.15, -0.1) is 0 Å². The summed E-state index contributed by atoms with van der Waals surface area (Å²) in [5.74, 6) is -1.58. The van der Waals surface area contributed by atoms with Gasteiger partial charge in [0.2, 0.25) is 5.91 Å². The van der Waals surface area contributed by atoms with Gasteiger partial charge >= 0.3 is 5.97 Å². The van der Waals surface area contributed by atoms with Crippen LogP contribution in [0, 0.1) is 12.7 Å². The molecule has 2 aromatic rings. The van der Waals surface area contributed by atoms with E-state index in [1.54, 1.807) is 26.0 Å².